The maximum absolute atomic E-state index is 2.68. The summed E-state index contributed by atoms with van der Waals surface area (Å²) in [6, 6.07) is 146. The monoisotopic (exact) mass is 1320 g/mol. The van der Waals surface area contributed by atoms with Gasteiger partial charge in [-0.2, -0.15) is 0 Å². The summed E-state index contributed by atoms with van der Waals surface area (Å²) in [4.78, 5) is 5.37. The van der Waals surface area contributed by atoms with Gasteiger partial charge in [0.15, 0.2) is 0 Å². The van der Waals surface area contributed by atoms with Crippen LogP contribution in [0.15, 0.2) is 388 Å². The molecular formula is C100H64BN3. The normalized spacial score (nSPS) is 12.4. The van der Waals surface area contributed by atoms with Crippen LogP contribution in [0, 0.1) is 0 Å². The van der Waals surface area contributed by atoms with E-state index in [1.807, 2.05) is 0 Å². The van der Waals surface area contributed by atoms with Crippen LogP contribution in [0.5, 0.6) is 0 Å². The number of benzene rings is 18. The highest BCUT2D eigenvalue weighted by Gasteiger charge is 2.46. The van der Waals surface area contributed by atoms with Gasteiger partial charge in [-0.05, 0) is 152 Å². The van der Waals surface area contributed by atoms with Gasteiger partial charge in [-0.25, -0.2) is 0 Å². The van der Waals surface area contributed by atoms with E-state index in [0.717, 1.165) is 106 Å². The minimum Gasteiger partial charge on any atom is -0.310 e. The number of rotatable bonds is 10. The van der Waals surface area contributed by atoms with E-state index in [2.05, 4.69) is 403 Å². The third-order valence-electron chi connectivity index (χ3n) is 22.1. The molecule has 0 aliphatic carbocycles. The zero-order chi connectivity index (χ0) is 68.3. The van der Waals surface area contributed by atoms with Crippen LogP contribution in [0.25, 0.3) is 148 Å². The lowest BCUT2D eigenvalue weighted by molar-refractivity contribution is 1.16. The fourth-order valence-corrected chi connectivity index (χ4v) is 17.6. The van der Waals surface area contributed by atoms with Crippen molar-refractivity contribution in [2.75, 3.05) is 9.80 Å². The van der Waals surface area contributed by atoms with Gasteiger partial charge >= 0.3 is 0 Å². The fraction of sp³-hybridized carbons (Fsp3) is 0. The largest absolute Gasteiger partial charge is 0.310 e. The van der Waals surface area contributed by atoms with Crippen LogP contribution in [0.4, 0.5) is 34.1 Å². The molecule has 0 radical (unpaired) electrons. The summed E-state index contributed by atoms with van der Waals surface area (Å²) in [5.41, 5.74) is 29.7. The van der Waals surface area contributed by atoms with Crippen molar-refractivity contribution in [2.24, 2.45) is 0 Å². The Morgan fingerprint density at radius 1 is 0.212 bits per heavy atom. The molecule has 0 spiro atoms. The summed E-state index contributed by atoms with van der Waals surface area (Å²) in [6.07, 6.45) is 0. The molecule has 3 nitrogen and oxygen atoms in total. The Bertz CT molecular complexity index is 6290. The number of para-hydroxylation sites is 2. The van der Waals surface area contributed by atoms with Crippen LogP contribution >= 0.6 is 0 Å². The average molecular weight is 1320 g/mol. The van der Waals surface area contributed by atoms with Crippen LogP contribution in [-0.2, 0) is 0 Å². The van der Waals surface area contributed by atoms with Crippen LogP contribution < -0.4 is 26.2 Å². The number of hydrogen-bond acceptors (Lipinski definition) is 2. The second-order valence-corrected chi connectivity index (χ2v) is 27.7. The quantitative estimate of drug-likeness (QED) is 0.0999. The molecular weight excluding hydrogens is 1250 g/mol. The highest BCUT2D eigenvalue weighted by Crippen LogP contribution is 2.55. The van der Waals surface area contributed by atoms with Crippen molar-refractivity contribution in [1.29, 1.82) is 0 Å². The van der Waals surface area contributed by atoms with E-state index in [1.54, 1.807) is 0 Å². The van der Waals surface area contributed by atoms with E-state index in [0.29, 0.717) is 0 Å². The molecule has 21 rings (SSSR count). The SMILES string of the molecule is c1ccc(-c2ccc3c(c2)B2c4cc(-c5ccccc5)ccc4N(c4c(-c5ccccc5)cccc4-c4ccccc4)c4cc(-n5c6ccc(-c7cc8ccccc8c8ccccc78)cc6c6c7ccccc7c7ccccc7c65)cc(c42)N3c2c(-c3ccccc3)cccc2-c2ccccc2)cc1. The van der Waals surface area contributed by atoms with Gasteiger partial charge in [-0.1, -0.05) is 346 Å². The number of aromatic nitrogens is 1. The molecule has 4 heteroatoms. The molecule has 1 aromatic heterocycles. The maximum atomic E-state index is 2.68. The summed E-state index contributed by atoms with van der Waals surface area (Å²) in [5, 5.41) is 12.2. The van der Waals surface area contributed by atoms with Crippen LogP contribution in [0.1, 0.15) is 0 Å². The number of anilines is 6. The Morgan fingerprint density at radius 3 is 1.06 bits per heavy atom. The predicted molar refractivity (Wildman–Crippen MR) is 443 cm³/mol. The van der Waals surface area contributed by atoms with E-state index < -0.39 is 0 Å². The van der Waals surface area contributed by atoms with Crippen LogP contribution in [-0.4, -0.2) is 11.3 Å². The molecule has 0 bridgehead atoms. The van der Waals surface area contributed by atoms with E-state index in [-0.39, 0.29) is 6.71 Å². The Kier molecular flexibility index (Phi) is 13.7. The van der Waals surface area contributed by atoms with E-state index in [9.17, 15) is 0 Å². The van der Waals surface area contributed by atoms with Gasteiger partial charge in [0.05, 0.1) is 28.1 Å². The molecule has 104 heavy (non-hydrogen) atoms. The van der Waals surface area contributed by atoms with Crippen molar-refractivity contribution in [2.45, 2.75) is 0 Å². The van der Waals surface area contributed by atoms with Crippen molar-refractivity contribution >= 4 is 122 Å². The molecule has 0 saturated heterocycles. The topological polar surface area (TPSA) is 11.4 Å². The van der Waals surface area contributed by atoms with E-state index >= 15 is 0 Å². The summed E-state index contributed by atoms with van der Waals surface area (Å²) in [7, 11) is 0. The number of nitrogens with zero attached hydrogens (tertiary/aromatic N) is 3. The lowest BCUT2D eigenvalue weighted by Gasteiger charge is -2.46. The Labute approximate surface area is 604 Å². The second kappa shape index (κ2) is 24.1. The molecule has 18 aromatic carbocycles. The van der Waals surface area contributed by atoms with Crippen molar-refractivity contribution < 1.29 is 0 Å². The molecule has 0 fully saturated rings. The van der Waals surface area contributed by atoms with Crippen molar-refractivity contribution in [3.8, 4) is 83.6 Å². The Morgan fingerprint density at radius 2 is 0.587 bits per heavy atom. The van der Waals surface area contributed by atoms with Crippen molar-refractivity contribution in [1.82, 2.24) is 4.57 Å². The molecule has 0 unspecified atom stereocenters. The third-order valence-corrected chi connectivity index (χ3v) is 22.1. The predicted octanol–water partition coefficient (Wildman–Crippen LogP) is 25.1. The van der Waals surface area contributed by atoms with Gasteiger partial charge < -0.3 is 14.4 Å². The van der Waals surface area contributed by atoms with Gasteiger partial charge in [0.25, 0.3) is 6.71 Å². The first-order valence-corrected chi connectivity index (χ1v) is 36.1. The Balaban J connectivity index is 0.965. The molecule has 0 atom stereocenters. The number of hydrogen-bond donors (Lipinski definition) is 0. The lowest BCUT2D eigenvalue weighted by atomic mass is 9.33. The molecule has 2 aliphatic rings. The summed E-state index contributed by atoms with van der Waals surface area (Å²) >= 11 is 0. The van der Waals surface area contributed by atoms with Crippen LogP contribution in [0.2, 0.25) is 0 Å². The van der Waals surface area contributed by atoms with Crippen molar-refractivity contribution in [3.05, 3.63) is 388 Å². The summed E-state index contributed by atoms with van der Waals surface area (Å²) in [6.45, 7) is -0.269. The first kappa shape index (κ1) is 59.3. The standard InChI is InChI=1S/C100H64BN3/c1-7-29-65(30-8-1)71-53-57-92-89(61-71)101-90-62-72(66-31-9-2-10-32-66)54-58-93(90)104(99-79(69-37-15-5-16-38-69)51-28-52-80(99)70-39-17-6-18-40-70)95-64-75(63-94(97(95)101)103(92)98-77(67-33-11-3-12-34-67)49-27-50-78(98)68-35-13-4-14-36-68)102-91-56-55-74(87-59-73-41-19-20-42-76(73)81-43-21-22-46-84(81)87)60-88(91)96-85-47-25-23-44-82(85)83-45-24-26-48-86(83)100(96)102/h1-64H. The Hall–Kier alpha value is -13.5. The van der Waals surface area contributed by atoms with Gasteiger partial charge in [0, 0.05) is 61.2 Å². The minimum absolute atomic E-state index is 0.269. The highest BCUT2D eigenvalue weighted by atomic mass is 15.2. The third kappa shape index (κ3) is 9.32. The molecule has 0 N–H and O–H groups in total. The zero-order valence-corrected chi connectivity index (χ0v) is 56.9. The first-order valence-electron chi connectivity index (χ1n) is 36.1. The van der Waals surface area contributed by atoms with Gasteiger partial charge in [-0.3, -0.25) is 0 Å². The maximum Gasteiger partial charge on any atom is 0.252 e. The zero-order valence-electron chi connectivity index (χ0n) is 56.9. The lowest BCUT2D eigenvalue weighted by Crippen LogP contribution is -2.61. The fourth-order valence-electron chi connectivity index (χ4n) is 17.6. The molecule has 2 aliphatic heterocycles. The smallest absolute Gasteiger partial charge is 0.252 e. The highest BCUT2D eigenvalue weighted by molar-refractivity contribution is 7.00. The van der Waals surface area contributed by atoms with E-state index in [4.69, 9.17) is 0 Å². The molecule has 0 saturated carbocycles. The molecule has 3 heterocycles. The van der Waals surface area contributed by atoms with Crippen LogP contribution in [0.3, 0.4) is 0 Å². The average Bonchev–Trinajstić information content (AvgIpc) is 1.03. The second-order valence-electron chi connectivity index (χ2n) is 27.7. The first-order chi connectivity index (χ1) is 51.6. The van der Waals surface area contributed by atoms with Crippen molar-refractivity contribution in [3.63, 3.8) is 0 Å². The number of fused-ring (bicyclic) bond motifs is 15. The van der Waals surface area contributed by atoms with Gasteiger partial charge in [-0.15, -0.1) is 0 Å². The summed E-state index contributed by atoms with van der Waals surface area (Å²) < 4.78 is 2.65. The molecule has 19 aromatic rings. The summed E-state index contributed by atoms with van der Waals surface area (Å²) in [5.74, 6) is 0. The minimum atomic E-state index is -0.269. The van der Waals surface area contributed by atoms with E-state index in [1.165, 1.54) is 92.5 Å². The molecule has 482 valence electrons. The van der Waals surface area contributed by atoms with Gasteiger partial charge in [0.2, 0.25) is 0 Å². The van der Waals surface area contributed by atoms with Gasteiger partial charge in [0.1, 0.15) is 0 Å². The molecule has 0 amide bonds.